The lowest BCUT2D eigenvalue weighted by atomic mass is 9.87. The molecule has 0 amide bonds. The highest BCUT2D eigenvalue weighted by molar-refractivity contribution is 7.35. The maximum atomic E-state index is 7.06. The Kier molecular flexibility index (Phi) is 9.63. The fraction of sp³-hybridized carbons (Fsp3) is 1.00. The number of hydrogen-bond donors (Lipinski definition) is 0. The molecule has 4 aliphatic carbocycles. The van der Waals surface area contributed by atoms with E-state index in [2.05, 4.69) is 66.2 Å². The van der Waals surface area contributed by atoms with Gasteiger partial charge in [-0.2, -0.15) is 0 Å². The molecule has 4 saturated carbocycles. The number of fused-ring (bicyclic) bond motifs is 4. The Morgan fingerprint density at radius 2 is 0.762 bits per heavy atom. The van der Waals surface area contributed by atoms with Crippen LogP contribution in [0.15, 0.2) is 0 Å². The van der Waals surface area contributed by atoms with Gasteiger partial charge in [-0.15, -0.1) is 0 Å². The van der Waals surface area contributed by atoms with Crippen LogP contribution < -0.4 is 0 Å². The molecular weight excluding hydrogens is 665 g/mol. The van der Waals surface area contributed by atoms with Crippen LogP contribution in [0.3, 0.4) is 0 Å². The third-order valence-corrected chi connectivity index (χ3v) is 52.6. The molecule has 6 fully saturated rings. The average molecular weight is 723 g/mol. The van der Waals surface area contributed by atoms with Crippen LogP contribution in [0.25, 0.3) is 0 Å². The first kappa shape index (κ1) is 33.3. The first-order valence-electron chi connectivity index (χ1n) is 17.1. The quantitative estimate of drug-likeness (QED) is 0.342. The fourth-order valence-electron chi connectivity index (χ4n) is 10.6. The van der Waals surface area contributed by atoms with Crippen LogP contribution in [0.1, 0.15) is 65.2 Å². The minimum absolute atomic E-state index is 0.568. The van der Waals surface area contributed by atoms with Crippen LogP contribution >= 0.6 is 0 Å². The largest absolute Gasteiger partial charge is 0.418 e. The SMILES string of the molecule is CCC1CC2CC1CC2[Si]1(C)O[SiH](C)O[Si](C)([Si]2(C)O[SiH](C)O[Si](C)(C3CC4CC3CC4CC)O[SiH](C)O2)O[SiH](C)O1. The zero-order chi connectivity index (χ0) is 30.2. The Morgan fingerprint density at radius 3 is 1.00 bits per heavy atom. The summed E-state index contributed by atoms with van der Waals surface area (Å²) in [6, 6.07) is 0. The second-order valence-corrected chi connectivity index (χ2v) is 42.0. The van der Waals surface area contributed by atoms with Crippen molar-refractivity contribution in [3.05, 3.63) is 0 Å². The molecule has 8 nitrogen and oxygen atoms in total. The van der Waals surface area contributed by atoms with Gasteiger partial charge in [0.2, 0.25) is 0 Å². The molecule has 42 heavy (non-hydrogen) atoms. The number of hydrogen-bond acceptors (Lipinski definition) is 8. The Bertz CT molecular complexity index is 894. The average Bonchev–Trinajstić information content (AvgIpc) is 3.66. The highest BCUT2D eigenvalue weighted by Crippen LogP contribution is 2.60. The fourth-order valence-corrected chi connectivity index (χ4v) is 60.3. The van der Waals surface area contributed by atoms with Crippen molar-refractivity contribution in [2.24, 2.45) is 35.5 Å². The Hall–Kier alpha value is 1.42. The topological polar surface area (TPSA) is 73.8 Å². The van der Waals surface area contributed by atoms with Gasteiger partial charge < -0.3 is 32.9 Å². The zero-order valence-corrected chi connectivity index (χ0v) is 36.5. The minimum Gasteiger partial charge on any atom is -0.418 e. The van der Waals surface area contributed by atoms with Crippen molar-refractivity contribution in [2.75, 3.05) is 0 Å². The van der Waals surface area contributed by atoms with Crippen LogP contribution in [0, 0.1) is 35.5 Å². The second-order valence-electron chi connectivity index (χ2n) is 15.1. The van der Waals surface area contributed by atoms with Gasteiger partial charge >= 0.3 is 33.3 Å². The molecule has 4 bridgehead atoms. The summed E-state index contributed by atoms with van der Waals surface area (Å²) in [5.41, 5.74) is 1.14. The molecular formula is C26H58O8Si8. The van der Waals surface area contributed by atoms with Gasteiger partial charge in [-0.1, -0.05) is 26.7 Å². The van der Waals surface area contributed by atoms with Crippen LogP contribution in [-0.2, 0) is 32.9 Å². The lowest BCUT2D eigenvalue weighted by molar-refractivity contribution is 0.212. The maximum Gasteiger partial charge on any atom is 0.361 e. The molecule has 16 heteroatoms. The van der Waals surface area contributed by atoms with E-state index in [-0.39, 0.29) is 0 Å². The molecule has 6 aliphatic rings. The molecule has 0 spiro atoms. The van der Waals surface area contributed by atoms with E-state index in [1.54, 1.807) is 0 Å². The third kappa shape index (κ3) is 5.97. The summed E-state index contributed by atoms with van der Waals surface area (Å²) in [6.45, 7) is 22.4. The van der Waals surface area contributed by atoms with Crippen LogP contribution in [-0.4, -0.2) is 70.4 Å². The molecule has 0 N–H and O–H groups in total. The van der Waals surface area contributed by atoms with E-state index in [0.717, 1.165) is 35.5 Å². The summed E-state index contributed by atoms with van der Waals surface area (Å²) >= 11 is 0. The molecule has 2 saturated heterocycles. The first-order chi connectivity index (χ1) is 19.7. The van der Waals surface area contributed by atoms with Gasteiger partial charge in [0.1, 0.15) is 0 Å². The van der Waals surface area contributed by atoms with Gasteiger partial charge in [0.15, 0.2) is 0 Å². The van der Waals surface area contributed by atoms with Crippen LogP contribution in [0.2, 0.25) is 63.5 Å². The van der Waals surface area contributed by atoms with E-state index < -0.39 is 70.4 Å². The van der Waals surface area contributed by atoms with Crippen molar-refractivity contribution in [1.82, 2.24) is 0 Å². The van der Waals surface area contributed by atoms with E-state index >= 15 is 0 Å². The predicted molar refractivity (Wildman–Crippen MR) is 184 cm³/mol. The van der Waals surface area contributed by atoms with E-state index in [4.69, 9.17) is 32.9 Å². The molecule has 2 heterocycles. The molecule has 12 unspecified atom stereocenters. The molecule has 242 valence electrons. The van der Waals surface area contributed by atoms with Crippen molar-refractivity contribution < 1.29 is 32.9 Å². The normalized spacial score (nSPS) is 58.4. The summed E-state index contributed by atoms with van der Waals surface area (Å²) in [5.74, 6) is 5.00. The summed E-state index contributed by atoms with van der Waals surface area (Å²) in [5, 5.41) is 0. The van der Waals surface area contributed by atoms with Crippen molar-refractivity contribution in [3.63, 3.8) is 0 Å². The lowest BCUT2D eigenvalue weighted by Crippen LogP contribution is -2.75. The van der Waals surface area contributed by atoms with Crippen LogP contribution in [0.5, 0.6) is 0 Å². The molecule has 0 radical (unpaired) electrons. The van der Waals surface area contributed by atoms with Crippen molar-refractivity contribution in [2.45, 2.75) is 129 Å². The predicted octanol–water partition coefficient (Wildman–Crippen LogP) is 5.57. The minimum atomic E-state index is -2.93. The van der Waals surface area contributed by atoms with Crippen molar-refractivity contribution in [3.8, 4) is 0 Å². The van der Waals surface area contributed by atoms with Crippen LogP contribution in [0.4, 0.5) is 0 Å². The molecule has 2 aliphatic heterocycles. The zero-order valence-electron chi connectivity index (χ0n) is 27.9. The number of rotatable bonds is 5. The molecule has 6 rings (SSSR count). The Labute approximate surface area is 266 Å². The second kappa shape index (κ2) is 12.1. The monoisotopic (exact) mass is 722 g/mol. The summed E-state index contributed by atoms with van der Waals surface area (Å²) in [6.07, 6.45) is 10.6. The third-order valence-electron chi connectivity index (χ3n) is 12.4. The smallest absolute Gasteiger partial charge is 0.361 e. The van der Waals surface area contributed by atoms with Gasteiger partial charge in [-0.05, 0) is 126 Å². The van der Waals surface area contributed by atoms with E-state index in [0.29, 0.717) is 11.1 Å². The lowest BCUT2D eigenvalue weighted by Gasteiger charge is -2.51. The summed E-state index contributed by atoms with van der Waals surface area (Å²) in [7, 11) is -19.0. The molecule has 12 atom stereocenters. The first-order valence-corrected chi connectivity index (χ1v) is 35.9. The van der Waals surface area contributed by atoms with Gasteiger partial charge in [-0.3, -0.25) is 0 Å². The van der Waals surface area contributed by atoms with E-state index in [9.17, 15) is 0 Å². The molecule has 0 aromatic rings. The Balaban J connectivity index is 1.16. The van der Waals surface area contributed by atoms with Gasteiger partial charge in [-0.25, -0.2) is 0 Å². The van der Waals surface area contributed by atoms with Gasteiger partial charge in [0.25, 0.3) is 37.1 Å². The highest BCUT2D eigenvalue weighted by Gasteiger charge is 2.66. The van der Waals surface area contributed by atoms with Gasteiger partial charge in [0.05, 0.1) is 0 Å². The standard InChI is InChI=1S/C26H58O8Si8/c1-11-19-13-23-15-21(19)17-25(23)39(7)27-35(3)31-41(9,32-36(4)28-39)42(10)33-37(5)29-40(8,30-38(6)34-42)26-18-22-16-24(26)14-20(22)12-2/h19-26,35-38H,11-18H2,1-10H3. The summed E-state index contributed by atoms with van der Waals surface area (Å²) < 4.78 is 56.4. The molecule has 0 aromatic carbocycles. The maximum absolute atomic E-state index is 7.06. The van der Waals surface area contributed by atoms with Crippen molar-refractivity contribution >= 4 is 70.4 Å². The van der Waals surface area contributed by atoms with E-state index in [1.807, 2.05) is 0 Å². The van der Waals surface area contributed by atoms with Crippen molar-refractivity contribution in [1.29, 1.82) is 0 Å². The molecule has 0 aromatic heterocycles. The highest BCUT2D eigenvalue weighted by atomic mass is 29.3. The summed E-state index contributed by atoms with van der Waals surface area (Å²) in [4.78, 5) is 0. The Morgan fingerprint density at radius 1 is 0.452 bits per heavy atom. The van der Waals surface area contributed by atoms with E-state index in [1.165, 1.54) is 51.4 Å². The van der Waals surface area contributed by atoms with Gasteiger partial charge in [0, 0.05) is 11.1 Å².